The molecule has 1 aromatic carbocycles. The lowest BCUT2D eigenvalue weighted by atomic mass is 10.1. The molecule has 6 amide bonds. The molecule has 0 bridgehead atoms. The minimum Gasteiger partial charge on any atom is -0.480 e. The fourth-order valence-corrected chi connectivity index (χ4v) is 13.7. The molecule has 142 heavy (non-hydrogen) atoms. The van der Waals surface area contributed by atoms with Gasteiger partial charge in [-0.15, -0.1) is 12.4 Å². The molecule has 8 heterocycles. The number of carboxylic acids is 2. The molecule has 0 aromatic heterocycles. The van der Waals surface area contributed by atoms with Gasteiger partial charge >= 0.3 is 103 Å². The Morgan fingerprint density at radius 3 is 0.951 bits per heavy atom. The van der Waals surface area contributed by atoms with E-state index in [-0.39, 0.29) is 162 Å². The number of aliphatic hydroxyl groups is 3. The van der Waals surface area contributed by atoms with Gasteiger partial charge < -0.3 is 103 Å². The summed E-state index contributed by atoms with van der Waals surface area (Å²) in [4.78, 5) is 213. The second-order valence-electron chi connectivity index (χ2n) is 36.5. The lowest BCUT2D eigenvalue weighted by Gasteiger charge is -2.27. The summed E-state index contributed by atoms with van der Waals surface area (Å²) in [5.74, 6) is -6.47. The van der Waals surface area contributed by atoms with Gasteiger partial charge in [-0.05, 0) is 146 Å². The first kappa shape index (κ1) is 146. The third-order valence-corrected chi connectivity index (χ3v) is 19.7. The van der Waals surface area contributed by atoms with Crippen LogP contribution in [0, 0.1) is 24.3 Å². The summed E-state index contributed by atoms with van der Waals surface area (Å²) in [5, 5.41) is 51.1. The van der Waals surface area contributed by atoms with Crippen molar-refractivity contribution >= 4 is 131 Å². The van der Waals surface area contributed by atoms with Crippen LogP contribution in [-0.4, -0.2) is 366 Å². The Balaban J connectivity index is -0.000000236. The minimum absolute atomic E-state index is 0. The van der Waals surface area contributed by atoms with E-state index in [0.717, 1.165) is 17.3 Å². The summed E-state index contributed by atoms with van der Waals surface area (Å²) < 4.78 is 94.9. The quantitative estimate of drug-likeness (QED) is 0.0356. The first-order valence-corrected chi connectivity index (χ1v) is 43.7. The van der Waals surface area contributed by atoms with Gasteiger partial charge in [0.25, 0.3) is 6.47 Å². The second kappa shape index (κ2) is 69.7. The normalized spacial score (nSPS) is 22.8. The molecule has 0 saturated carbocycles. The van der Waals surface area contributed by atoms with Gasteiger partial charge in [0, 0.05) is 63.7 Å². The summed E-state index contributed by atoms with van der Waals surface area (Å²) in [6.45, 7) is 41.5. The molecule has 8 fully saturated rings. The van der Waals surface area contributed by atoms with Gasteiger partial charge in [-0.1, -0.05) is 104 Å². The first-order valence-electron chi connectivity index (χ1n) is 42.6. The van der Waals surface area contributed by atoms with Crippen LogP contribution in [0.15, 0.2) is 30.3 Å². The van der Waals surface area contributed by atoms with Crippen molar-refractivity contribution in [3.05, 3.63) is 47.3 Å². The van der Waals surface area contributed by atoms with Crippen LogP contribution < -0.4 is 10.6 Å². The van der Waals surface area contributed by atoms with Crippen molar-refractivity contribution in [2.24, 2.45) is 17.8 Å². The predicted molar refractivity (Wildman–Crippen MR) is 510 cm³/mol. The Kier molecular flexibility index (Phi) is 71.8. The summed E-state index contributed by atoms with van der Waals surface area (Å²) in [7, 11) is 7.61. The number of rotatable bonds is 11. The number of nitrogens with one attached hydrogen (secondary N) is 2. The highest BCUT2D eigenvalue weighted by atomic mass is 79.9. The van der Waals surface area contributed by atoms with Crippen molar-refractivity contribution in [3.63, 3.8) is 0 Å². The number of nitrogens with zero attached hydrogens (tertiary/aromatic N) is 7. The monoisotopic (exact) mass is 2130 g/mol. The zero-order valence-corrected chi connectivity index (χ0v) is 84.1. The number of carbonyl (C=O) groups excluding carboxylic acids is 17. The van der Waals surface area contributed by atoms with Crippen LogP contribution in [-0.2, 0) is 129 Å². The number of likely N-dealkylation sites (tertiary alicyclic amines) is 6. The smallest absolute Gasteiger partial charge is 0.471 e. The van der Waals surface area contributed by atoms with E-state index in [1.807, 2.05) is 32.0 Å². The number of benzene rings is 1. The minimum atomic E-state index is -4.95. The van der Waals surface area contributed by atoms with E-state index in [9.17, 15) is 90.2 Å². The fraction of sp³-hybridized carbons (Fsp3) is 0.739. The van der Waals surface area contributed by atoms with E-state index in [1.165, 1.54) is 60.7 Å². The molecule has 8 aliphatic heterocycles. The SMILES string of the molecule is BrCc1ccccc1.C.C.C.C.C.CC(C)(C)OC(=O)N1C[C@@H](OC=O)C[C@H]1C(=O)O.COC(=O)[C@@H]1C[C@@H](C)CN1C(=O)OC(C)(C)C.COC(=O)[C@@H]1C[C@@H](O)CN1.COC(=O)[C@@H]1C[C@@H](O)CN1C(=O)OC(C)(C)C.COC(=O)[C@@H]1C[C@H](C)CN1C(=O)C(F)(F)F.COC(=O)[C@@H]1C[C@H](C)CN1C(=O)OC(C)(C)C.Cl.O=C(O)[C@@H]1C[C@@H](O)CN1.O=C=O.O=C=O.[C-]#[N+][C@H]1C[C@@H](C(=O)OC)N(C(=O)OC(C)(C)C)C1. The number of methoxy groups -OCH3 is 6. The average Bonchev–Trinajstić information content (AvgIpc) is 2.08. The number of halogens is 5. The van der Waals surface area contributed by atoms with Gasteiger partial charge in [0.2, 0.25) is 6.04 Å². The van der Waals surface area contributed by atoms with Crippen molar-refractivity contribution in [2.75, 3.05) is 95.0 Å². The van der Waals surface area contributed by atoms with Crippen LogP contribution >= 0.6 is 28.3 Å². The van der Waals surface area contributed by atoms with Crippen molar-refractivity contribution in [1.29, 1.82) is 0 Å². The number of β-amino-alcohol motifs (C(OH)–C–C–N with tert-alkyl or cyclic N) is 3. The van der Waals surface area contributed by atoms with E-state index in [0.29, 0.717) is 63.2 Å². The summed E-state index contributed by atoms with van der Waals surface area (Å²) in [5.41, 5.74) is -1.75. The number of aliphatic hydroxyl groups excluding tert-OH is 3. The first-order chi connectivity index (χ1) is 62.7. The zero-order valence-electron chi connectivity index (χ0n) is 81.7. The molecule has 9 rings (SSSR count). The molecule has 0 radical (unpaired) electrons. The Hall–Kier alpha value is -11.1. The van der Waals surface area contributed by atoms with E-state index in [4.69, 9.17) is 84.1 Å². The molecular weight excluding hydrogens is 1980 g/mol. The number of carboxylic acid groups (broad SMARTS) is 2. The summed E-state index contributed by atoms with van der Waals surface area (Å²) in [6.07, 6.45) is -6.62. The lowest BCUT2D eigenvalue weighted by molar-refractivity contribution is -0.193. The predicted octanol–water partition coefficient (Wildman–Crippen LogP) is 9.87. The van der Waals surface area contributed by atoms with Crippen molar-refractivity contribution in [1.82, 2.24) is 40.0 Å². The van der Waals surface area contributed by atoms with Crippen LogP contribution in [0.2, 0.25) is 0 Å². The number of carbonyl (C=O) groups is 15. The Morgan fingerprint density at radius 1 is 0.415 bits per heavy atom. The molecule has 50 heteroatoms. The van der Waals surface area contributed by atoms with Crippen molar-refractivity contribution in [2.45, 2.75) is 331 Å². The van der Waals surface area contributed by atoms with Gasteiger partial charge in [0.05, 0.1) is 80.5 Å². The van der Waals surface area contributed by atoms with Crippen molar-refractivity contribution in [3.8, 4) is 0 Å². The van der Waals surface area contributed by atoms with E-state index < -0.39 is 167 Å². The number of ether oxygens (including phenoxy) is 12. The molecule has 16 atom stereocenters. The maximum atomic E-state index is 12.2. The topological polar surface area (TPSA) is 584 Å². The maximum Gasteiger partial charge on any atom is 0.471 e. The van der Waals surface area contributed by atoms with Gasteiger partial charge in [0.1, 0.15) is 89.0 Å². The second-order valence-corrected chi connectivity index (χ2v) is 37.1. The van der Waals surface area contributed by atoms with E-state index in [1.54, 1.807) is 111 Å². The number of esters is 6. The van der Waals surface area contributed by atoms with Crippen LogP contribution in [0.4, 0.5) is 37.1 Å². The molecule has 0 unspecified atom stereocenters. The highest BCUT2D eigenvalue weighted by molar-refractivity contribution is 9.08. The number of hydrogen-bond donors (Lipinski definition) is 7. The van der Waals surface area contributed by atoms with Gasteiger partial charge in [0.15, 0.2) is 0 Å². The zero-order chi connectivity index (χ0) is 106. The molecule has 820 valence electrons. The fourth-order valence-electron chi connectivity index (χ4n) is 13.4. The largest absolute Gasteiger partial charge is 0.480 e. The summed E-state index contributed by atoms with van der Waals surface area (Å²) >= 11 is 3.36. The van der Waals surface area contributed by atoms with Crippen molar-refractivity contribution < 1.29 is 187 Å². The van der Waals surface area contributed by atoms with Crippen LogP contribution in [0.5, 0.6) is 0 Å². The molecule has 0 spiro atoms. The number of aliphatic carboxylic acids is 2. The molecule has 45 nitrogen and oxygen atoms in total. The molecule has 0 aliphatic carbocycles. The summed E-state index contributed by atoms with van der Waals surface area (Å²) in [6, 6.07) is 4.42. The molecule has 1 aromatic rings. The van der Waals surface area contributed by atoms with E-state index >= 15 is 0 Å². The van der Waals surface area contributed by atoms with Gasteiger partial charge in [-0.2, -0.15) is 32.3 Å². The highest BCUT2D eigenvalue weighted by Crippen LogP contribution is 2.33. The van der Waals surface area contributed by atoms with Crippen LogP contribution in [0.25, 0.3) is 4.85 Å². The molecule has 8 saturated heterocycles. The number of hydrogen-bond acceptors (Lipinski definition) is 36. The number of alkyl halides is 4. The van der Waals surface area contributed by atoms with Crippen LogP contribution in [0.1, 0.15) is 219 Å². The van der Waals surface area contributed by atoms with Gasteiger partial charge in [-0.25, -0.2) is 59.3 Å². The molecule has 8 aliphatic rings. The highest BCUT2D eigenvalue weighted by Gasteiger charge is 2.51. The maximum absolute atomic E-state index is 12.2. The third-order valence-electron chi connectivity index (χ3n) is 19.1. The average molecular weight is 2140 g/mol. The Bertz CT molecular complexity index is 3970. The molecule has 7 N–H and O–H groups in total. The van der Waals surface area contributed by atoms with Crippen LogP contribution in [0.3, 0.4) is 0 Å². The standard InChI is InChI=1S/C12H18N2O4.2C12H21NO4.C11H17NO6.C11H19NO5.C9H12F3NO3.C7H7Br.C6H11NO3.C5H9NO3.2CO2.5CH4.ClH/c1-12(2,3)18-11(16)14-7-8(13-4)6-9(14)10(15)17-5;2*1-8-6-9(10(14)16-5)13(7-8)11(15)17-12(2,3)4;1-11(2,3)18-10(16)12-5-7(17-6-13)4-8(12)9(14)15;1-11(2,3)17-10(15)12-6-7(13)5-8(12)9(14)16-4;1-5-3-6(7(14)16-2)13(4-5)8(15)9(10,11)12;8-6-7-4-2-1-3-5-7;1-10-6(9)5-2-4(8)3-7-5;7-3-1-4(5(8)9)6-2-3;2*2-1-3;;;;;;/h8-9H,6-7H2,1-3,5H3;2*8-9H,6-7H2,1-5H3;6-8H,4-5H2,1-3H3,(H,14,15);7-8,13H,5-6H2,1-4H3;5-6H,3-4H2,1-2H3;1-5H,6H2;4-5,7-8H,2-3H2,1H3;3-4,6-7H,1-2H2,(H,8,9);;;5*1H4;1H/t8-,9-;8-,9+;8-,9-;7-,8-;7-,8+;5-,6-;;4-,5+;3-,4+;;;;;;;;/m010010.11......../s1. The lowest BCUT2D eigenvalue weighted by Crippen LogP contribution is -2.47. The van der Waals surface area contributed by atoms with Gasteiger partial charge in [-0.3, -0.25) is 43.7 Å². The molecular formula is C92H156BrClF3N9O36. The van der Waals surface area contributed by atoms with E-state index in [2.05, 4.69) is 62.5 Å². The Morgan fingerprint density at radius 2 is 0.697 bits per heavy atom. The Labute approximate surface area is 845 Å². The number of amides is 6. The third kappa shape index (κ3) is 56.7.